The molecule has 21 heavy (non-hydrogen) atoms. The third kappa shape index (κ3) is 2.46. The molecule has 0 saturated carbocycles. The molecule has 0 amide bonds. The third-order valence-corrected chi connectivity index (χ3v) is 3.57. The Morgan fingerprint density at radius 3 is 2.86 bits per heavy atom. The number of hydrogen-bond donors (Lipinski definition) is 1. The van der Waals surface area contributed by atoms with Crippen LogP contribution in [-0.4, -0.2) is 19.7 Å². The lowest BCUT2D eigenvalue weighted by Gasteiger charge is -2.00. The number of nitrogens with zero attached hydrogens (tertiary/aromatic N) is 4. The summed E-state index contributed by atoms with van der Waals surface area (Å²) in [4.78, 5) is 8.50. The van der Waals surface area contributed by atoms with Gasteiger partial charge in [0.15, 0.2) is 5.65 Å². The zero-order valence-corrected chi connectivity index (χ0v) is 12.4. The van der Waals surface area contributed by atoms with E-state index in [1.807, 2.05) is 16.8 Å². The van der Waals surface area contributed by atoms with Gasteiger partial charge in [-0.2, -0.15) is 5.10 Å². The van der Waals surface area contributed by atoms with Crippen molar-refractivity contribution in [3.63, 3.8) is 0 Å². The first kappa shape index (κ1) is 13.5. The molecule has 0 saturated heterocycles. The molecule has 3 aromatic rings. The van der Waals surface area contributed by atoms with Crippen molar-refractivity contribution in [2.24, 2.45) is 0 Å². The molecule has 0 unspecified atom stereocenters. The summed E-state index contributed by atoms with van der Waals surface area (Å²) in [5.74, 6) is 0.485. The lowest BCUT2D eigenvalue weighted by Crippen LogP contribution is -2.01. The Morgan fingerprint density at radius 1 is 1.24 bits per heavy atom. The van der Waals surface area contributed by atoms with Gasteiger partial charge in [-0.1, -0.05) is 37.1 Å². The normalized spacial score (nSPS) is 11.1. The van der Waals surface area contributed by atoms with Crippen molar-refractivity contribution in [1.29, 1.82) is 0 Å². The van der Waals surface area contributed by atoms with E-state index in [9.17, 15) is 0 Å². The minimum absolute atomic E-state index is 0.485. The van der Waals surface area contributed by atoms with Crippen molar-refractivity contribution < 1.29 is 0 Å². The van der Waals surface area contributed by atoms with Gasteiger partial charge >= 0.3 is 0 Å². The van der Waals surface area contributed by atoms with Gasteiger partial charge in [-0.25, -0.2) is 14.6 Å². The third-order valence-electron chi connectivity index (χ3n) is 3.57. The average Bonchev–Trinajstić information content (AvgIpc) is 2.85. The SMILES string of the molecule is CCCCn1nc(-c2cccc(C)c2)c2c(N)ncnc21. The van der Waals surface area contributed by atoms with E-state index in [4.69, 9.17) is 10.8 Å². The van der Waals surface area contributed by atoms with Crippen LogP contribution in [0.1, 0.15) is 25.3 Å². The lowest BCUT2D eigenvalue weighted by atomic mass is 10.1. The Labute approximate surface area is 123 Å². The van der Waals surface area contributed by atoms with Gasteiger partial charge < -0.3 is 5.73 Å². The van der Waals surface area contributed by atoms with Crippen molar-refractivity contribution in [2.45, 2.75) is 33.2 Å². The number of rotatable bonds is 4. The fraction of sp³-hybridized carbons (Fsp3) is 0.312. The van der Waals surface area contributed by atoms with E-state index >= 15 is 0 Å². The number of benzene rings is 1. The molecule has 0 fully saturated rings. The van der Waals surface area contributed by atoms with Crippen LogP contribution >= 0.6 is 0 Å². The van der Waals surface area contributed by atoms with Crippen LogP contribution in [0.3, 0.4) is 0 Å². The Hall–Kier alpha value is -2.43. The van der Waals surface area contributed by atoms with Crippen molar-refractivity contribution in [2.75, 3.05) is 5.73 Å². The maximum Gasteiger partial charge on any atom is 0.163 e. The first-order valence-electron chi connectivity index (χ1n) is 7.24. The summed E-state index contributed by atoms with van der Waals surface area (Å²) in [6, 6.07) is 8.25. The van der Waals surface area contributed by atoms with Gasteiger partial charge in [0.05, 0.1) is 5.39 Å². The maximum atomic E-state index is 6.07. The molecule has 2 heterocycles. The van der Waals surface area contributed by atoms with Gasteiger partial charge in [-0.05, 0) is 19.4 Å². The molecule has 0 aliphatic heterocycles. The zero-order valence-electron chi connectivity index (χ0n) is 12.4. The number of nitrogen functional groups attached to an aromatic ring is 1. The van der Waals surface area contributed by atoms with Gasteiger partial charge in [0, 0.05) is 12.1 Å². The van der Waals surface area contributed by atoms with Crippen LogP contribution in [-0.2, 0) is 6.54 Å². The van der Waals surface area contributed by atoms with Crippen molar-refractivity contribution in [3.8, 4) is 11.3 Å². The van der Waals surface area contributed by atoms with E-state index in [1.54, 1.807) is 0 Å². The average molecular weight is 281 g/mol. The first-order chi connectivity index (χ1) is 10.2. The lowest BCUT2D eigenvalue weighted by molar-refractivity contribution is 0.585. The molecule has 1 aromatic carbocycles. The highest BCUT2D eigenvalue weighted by Crippen LogP contribution is 2.30. The minimum Gasteiger partial charge on any atom is -0.383 e. The van der Waals surface area contributed by atoms with Gasteiger partial charge in [-0.15, -0.1) is 0 Å². The molecule has 0 bridgehead atoms. The van der Waals surface area contributed by atoms with Crippen molar-refractivity contribution >= 4 is 16.9 Å². The van der Waals surface area contributed by atoms with Gasteiger partial charge in [0.1, 0.15) is 17.8 Å². The molecule has 5 heteroatoms. The second-order valence-electron chi connectivity index (χ2n) is 5.25. The van der Waals surface area contributed by atoms with Crippen LogP contribution < -0.4 is 5.73 Å². The predicted octanol–water partition coefficient (Wildman–Crippen LogP) is 3.18. The molecule has 3 rings (SSSR count). The van der Waals surface area contributed by atoms with E-state index in [1.165, 1.54) is 11.9 Å². The Morgan fingerprint density at radius 2 is 2.10 bits per heavy atom. The highest BCUT2D eigenvalue weighted by molar-refractivity contribution is 5.98. The summed E-state index contributed by atoms with van der Waals surface area (Å²) in [5, 5.41) is 5.58. The Bertz CT molecular complexity index is 775. The zero-order chi connectivity index (χ0) is 14.8. The molecule has 0 aliphatic carbocycles. The molecule has 5 nitrogen and oxygen atoms in total. The summed E-state index contributed by atoms with van der Waals surface area (Å²) < 4.78 is 1.94. The monoisotopic (exact) mass is 281 g/mol. The summed E-state index contributed by atoms with van der Waals surface area (Å²) in [6.07, 6.45) is 3.68. The summed E-state index contributed by atoms with van der Waals surface area (Å²) >= 11 is 0. The molecular formula is C16H19N5. The number of anilines is 1. The number of aryl methyl sites for hydroxylation is 2. The highest BCUT2D eigenvalue weighted by atomic mass is 15.3. The number of fused-ring (bicyclic) bond motifs is 1. The van der Waals surface area contributed by atoms with Crippen LogP contribution in [0.4, 0.5) is 5.82 Å². The molecule has 2 N–H and O–H groups in total. The van der Waals surface area contributed by atoms with Crippen molar-refractivity contribution in [1.82, 2.24) is 19.7 Å². The van der Waals surface area contributed by atoms with Crippen LogP contribution in [0, 0.1) is 6.92 Å². The number of aromatic nitrogens is 4. The second-order valence-corrected chi connectivity index (χ2v) is 5.25. The van der Waals surface area contributed by atoms with E-state index in [2.05, 4.69) is 35.9 Å². The molecule has 108 valence electrons. The molecule has 2 aromatic heterocycles. The first-order valence-corrected chi connectivity index (χ1v) is 7.24. The summed E-state index contributed by atoms with van der Waals surface area (Å²) in [6.45, 7) is 5.07. The smallest absolute Gasteiger partial charge is 0.163 e. The van der Waals surface area contributed by atoms with E-state index < -0.39 is 0 Å². The second kappa shape index (κ2) is 5.52. The topological polar surface area (TPSA) is 69.6 Å². The van der Waals surface area contributed by atoms with Gasteiger partial charge in [0.2, 0.25) is 0 Å². The summed E-state index contributed by atoms with van der Waals surface area (Å²) in [7, 11) is 0. The van der Waals surface area contributed by atoms with Crippen LogP contribution in [0.25, 0.3) is 22.3 Å². The number of nitrogens with two attached hydrogens (primary N) is 1. The highest BCUT2D eigenvalue weighted by Gasteiger charge is 2.16. The largest absolute Gasteiger partial charge is 0.383 e. The molecule has 0 spiro atoms. The molecule has 0 radical (unpaired) electrons. The predicted molar refractivity (Wildman–Crippen MR) is 84.8 cm³/mol. The fourth-order valence-corrected chi connectivity index (χ4v) is 2.49. The maximum absolute atomic E-state index is 6.07. The van der Waals surface area contributed by atoms with E-state index in [0.717, 1.165) is 41.7 Å². The fourth-order valence-electron chi connectivity index (χ4n) is 2.49. The van der Waals surface area contributed by atoms with Crippen LogP contribution in [0.15, 0.2) is 30.6 Å². The minimum atomic E-state index is 0.485. The molecule has 0 atom stereocenters. The molecule has 0 aliphatic rings. The summed E-state index contributed by atoms with van der Waals surface area (Å²) in [5.41, 5.74) is 9.99. The van der Waals surface area contributed by atoms with E-state index in [-0.39, 0.29) is 0 Å². The van der Waals surface area contributed by atoms with E-state index in [0.29, 0.717) is 5.82 Å². The van der Waals surface area contributed by atoms with Crippen LogP contribution in [0.5, 0.6) is 0 Å². The van der Waals surface area contributed by atoms with Crippen LogP contribution in [0.2, 0.25) is 0 Å². The number of unbranched alkanes of at least 4 members (excludes halogenated alkanes) is 1. The Kier molecular flexibility index (Phi) is 3.56. The van der Waals surface area contributed by atoms with Gasteiger partial charge in [-0.3, -0.25) is 0 Å². The van der Waals surface area contributed by atoms with Gasteiger partial charge in [0.25, 0.3) is 0 Å². The van der Waals surface area contributed by atoms with Crippen molar-refractivity contribution in [3.05, 3.63) is 36.2 Å². The quantitative estimate of drug-likeness (QED) is 0.797. The molecular weight excluding hydrogens is 262 g/mol. The number of hydrogen-bond acceptors (Lipinski definition) is 4. The standard InChI is InChI=1S/C16H19N5/c1-3-4-8-21-16-13(15(17)18-10-19-16)14(20-21)12-7-5-6-11(2)9-12/h5-7,9-10H,3-4,8H2,1-2H3,(H2,17,18,19). The Balaban J connectivity index is 2.22.